The quantitative estimate of drug-likeness (QED) is 0.0859. The van der Waals surface area contributed by atoms with Crippen molar-refractivity contribution in [3.05, 3.63) is 111 Å². The number of hydrogen-bond acceptors (Lipinski definition) is 7. The van der Waals surface area contributed by atoms with Crippen LogP contribution in [-0.2, 0) is 51.5 Å². The summed E-state index contributed by atoms with van der Waals surface area (Å²) in [6, 6.07) is 17.0. The minimum absolute atomic E-state index is 0.0543. The van der Waals surface area contributed by atoms with E-state index in [0.29, 0.717) is 29.1 Å². The fraction of sp³-hybridized carbons (Fsp3) is 0.314. The average molecular weight is 658 g/mol. The standard InChI is InChI=1S/C35H35F4NO5S/c1-21-12-22(2)29(23(3)13-21)18-40(17-28-10-11-33(45-28)35(37,38)39)16-25-6-8-26(9-7-25)27-14-31(36)30(19-44-24(4)41)32(15-27)46-20-34(42)43-5/h6-15H,16-20H2,1-5H3. The van der Waals surface area contributed by atoms with E-state index in [-0.39, 0.29) is 30.2 Å². The monoisotopic (exact) mass is 657 g/mol. The molecule has 0 unspecified atom stereocenters. The Kier molecular flexibility index (Phi) is 11.3. The Morgan fingerprint density at radius 1 is 0.870 bits per heavy atom. The summed E-state index contributed by atoms with van der Waals surface area (Å²) in [4.78, 5) is 25.6. The van der Waals surface area contributed by atoms with E-state index < -0.39 is 29.7 Å². The molecule has 0 aliphatic rings. The first-order valence-electron chi connectivity index (χ1n) is 14.4. The second kappa shape index (κ2) is 15.0. The fourth-order valence-electron chi connectivity index (χ4n) is 5.16. The lowest BCUT2D eigenvalue weighted by Gasteiger charge is -2.24. The molecule has 3 aromatic carbocycles. The molecule has 0 saturated heterocycles. The Morgan fingerprint density at radius 3 is 2.13 bits per heavy atom. The van der Waals surface area contributed by atoms with Crippen LogP contribution < -0.4 is 0 Å². The SMILES string of the molecule is COC(=O)CSc1cc(-c2ccc(CN(Cc3ccc(C(F)(F)F)o3)Cc3c(C)cc(C)cc3C)cc2)cc(F)c1COC(C)=O. The van der Waals surface area contributed by atoms with Crippen molar-refractivity contribution in [1.29, 1.82) is 0 Å². The Bertz CT molecular complexity index is 1680. The molecule has 0 atom stereocenters. The number of hydrogen-bond donors (Lipinski definition) is 0. The summed E-state index contributed by atoms with van der Waals surface area (Å²) in [5.74, 6) is -2.51. The zero-order chi connectivity index (χ0) is 33.6. The van der Waals surface area contributed by atoms with Crippen LogP contribution >= 0.6 is 11.8 Å². The van der Waals surface area contributed by atoms with Crippen LogP contribution in [0.2, 0.25) is 0 Å². The van der Waals surface area contributed by atoms with Crippen molar-refractivity contribution in [2.75, 3.05) is 12.9 Å². The molecule has 1 aromatic heterocycles. The van der Waals surface area contributed by atoms with Gasteiger partial charge in [0.2, 0.25) is 5.76 Å². The number of esters is 2. The normalized spacial score (nSPS) is 11.6. The molecule has 0 fully saturated rings. The Morgan fingerprint density at radius 2 is 1.54 bits per heavy atom. The molecule has 0 radical (unpaired) electrons. The molecule has 0 aliphatic carbocycles. The van der Waals surface area contributed by atoms with E-state index in [4.69, 9.17) is 13.9 Å². The summed E-state index contributed by atoms with van der Waals surface area (Å²) < 4.78 is 69.8. The molecule has 11 heteroatoms. The van der Waals surface area contributed by atoms with Gasteiger partial charge in [-0.25, -0.2) is 4.39 Å². The summed E-state index contributed by atoms with van der Waals surface area (Å²) >= 11 is 1.08. The third-order valence-corrected chi connectivity index (χ3v) is 8.44. The summed E-state index contributed by atoms with van der Waals surface area (Å²) in [6.45, 7) is 8.05. The van der Waals surface area contributed by atoms with Crippen molar-refractivity contribution in [2.45, 2.75) is 65.0 Å². The third kappa shape index (κ3) is 9.23. The van der Waals surface area contributed by atoms with Gasteiger partial charge in [0.25, 0.3) is 0 Å². The summed E-state index contributed by atoms with van der Waals surface area (Å²) in [5, 5.41) is 0. The van der Waals surface area contributed by atoms with Crippen LogP contribution in [0.4, 0.5) is 17.6 Å². The van der Waals surface area contributed by atoms with Crippen LogP contribution in [0.1, 0.15) is 51.8 Å². The zero-order valence-corrected chi connectivity index (χ0v) is 27.0. The van der Waals surface area contributed by atoms with Gasteiger partial charge >= 0.3 is 18.1 Å². The molecule has 0 saturated carbocycles. The minimum atomic E-state index is -4.57. The van der Waals surface area contributed by atoms with Crippen molar-refractivity contribution in [2.24, 2.45) is 0 Å². The van der Waals surface area contributed by atoms with Gasteiger partial charge in [0.1, 0.15) is 18.2 Å². The highest BCUT2D eigenvalue weighted by Gasteiger charge is 2.35. The maximum Gasteiger partial charge on any atom is 0.449 e. The lowest BCUT2D eigenvalue weighted by atomic mass is 9.99. The molecule has 6 nitrogen and oxygen atoms in total. The molecule has 4 rings (SSSR count). The number of carbonyl (C=O) groups excluding carboxylic acids is 2. The number of furan rings is 1. The lowest BCUT2D eigenvalue weighted by Crippen LogP contribution is -2.23. The van der Waals surface area contributed by atoms with Gasteiger partial charge in [-0.2, -0.15) is 13.2 Å². The van der Waals surface area contributed by atoms with Crippen LogP contribution in [0.25, 0.3) is 11.1 Å². The summed E-state index contributed by atoms with van der Waals surface area (Å²) in [5.41, 5.74) is 6.71. The smallest absolute Gasteiger partial charge is 0.449 e. The second-order valence-electron chi connectivity index (χ2n) is 11.1. The molecular weight excluding hydrogens is 622 g/mol. The number of ether oxygens (including phenoxy) is 2. The van der Waals surface area contributed by atoms with Crippen molar-refractivity contribution >= 4 is 23.7 Å². The average Bonchev–Trinajstić information content (AvgIpc) is 3.46. The van der Waals surface area contributed by atoms with Crippen LogP contribution in [-0.4, -0.2) is 29.7 Å². The fourth-order valence-corrected chi connectivity index (χ4v) is 6.10. The van der Waals surface area contributed by atoms with Gasteiger partial charge in [-0.05, 0) is 78.4 Å². The predicted octanol–water partition coefficient (Wildman–Crippen LogP) is 8.56. The van der Waals surface area contributed by atoms with Crippen molar-refractivity contribution in [3.63, 3.8) is 0 Å². The lowest BCUT2D eigenvalue weighted by molar-refractivity contribution is -0.153. The van der Waals surface area contributed by atoms with Gasteiger partial charge in [-0.1, -0.05) is 42.0 Å². The van der Waals surface area contributed by atoms with Crippen molar-refractivity contribution in [1.82, 2.24) is 4.90 Å². The molecule has 0 spiro atoms. The van der Waals surface area contributed by atoms with Crippen LogP contribution in [0.3, 0.4) is 0 Å². The van der Waals surface area contributed by atoms with E-state index in [1.807, 2.05) is 49.9 Å². The molecule has 46 heavy (non-hydrogen) atoms. The molecule has 4 aromatic rings. The van der Waals surface area contributed by atoms with Gasteiger partial charge in [0, 0.05) is 30.5 Å². The third-order valence-electron chi connectivity index (χ3n) is 7.38. The van der Waals surface area contributed by atoms with Crippen LogP contribution in [0.5, 0.6) is 0 Å². The Labute approximate surface area is 269 Å². The maximum atomic E-state index is 15.3. The number of methoxy groups -OCH3 is 1. The number of halogens is 4. The molecular formula is C35H35F4NO5S. The summed E-state index contributed by atoms with van der Waals surface area (Å²) in [7, 11) is 1.26. The number of rotatable bonds is 12. The topological polar surface area (TPSA) is 69.0 Å². The number of benzene rings is 3. The highest BCUT2D eigenvalue weighted by atomic mass is 32.2. The molecule has 0 bridgehead atoms. The summed E-state index contributed by atoms with van der Waals surface area (Å²) in [6.07, 6.45) is -4.57. The van der Waals surface area contributed by atoms with E-state index in [2.05, 4.69) is 12.1 Å². The number of alkyl halides is 3. The minimum Gasteiger partial charge on any atom is -0.468 e. The molecule has 1 heterocycles. The van der Waals surface area contributed by atoms with Crippen molar-refractivity contribution in [3.8, 4) is 11.1 Å². The van der Waals surface area contributed by atoms with Gasteiger partial charge in [-0.15, -0.1) is 11.8 Å². The zero-order valence-electron chi connectivity index (χ0n) is 26.2. The van der Waals surface area contributed by atoms with Gasteiger partial charge in [-0.3, -0.25) is 14.5 Å². The first kappa shape index (κ1) is 34.8. The molecule has 0 N–H and O–H groups in total. The molecule has 0 aliphatic heterocycles. The van der Waals surface area contributed by atoms with Crippen molar-refractivity contribution < 1.29 is 41.0 Å². The van der Waals surface area contributed by atoms with E-state index in [0.717, 1.165) is 45.6 Å². The number of aryl methyl sites for hydroxylation is 3. The number of thioether (sulfide) groups is 1. The molecule has 244 valence electrons. The predicted molar refractivity (Wildman–Crippen MR) is 167 cm³/mol. The number of carbonyl (C=O) groups is 2. The number of nitrogens with zero attached hydrogens (tertiary/aromatic N) is 1. The van der Waals surface area contributed by atoms with Gasteiger partial charge in [0.05, 0.1) is 19.4 Å². The van der Waals surface area contributed by atoms with Crippen LogP contribution in [0.15, 0.2) is 70.0 Å². The van der Waals surface area contributed by atoms with E-state index in [1.165, 1.54) is 26.2 Å². The molecule has 0 amide bonds. The first-order chi connectivity index (χ1) is 21.7. The van der Waals surface area contributed by atoms with Crippen LogP contribution in [0, 0.1) is 26.6 Å². The highest BCUT2D eigenvalue weighted by molar-refractivity contribution is 8.00. The van der Waals surface area contributed by atoms with E-state index in [9.17, 15) is 22.8 Å². The first-order valence-corrected chi connectivity index (χ1v) is 15.4. The Balaban J connectivity index is 1.61. The Hall–Kier alpha value is -4.09. The van der Waals surface area contributed by atoms with Gasteiger partial charge < -0.3 is 13.9 Å². The second-order valence-corrected chi connectivity index (χ2v) is 12.1. The highest BCUT2D eigenvalue weighted by Crippen LogP contribution is 2.34. The van der Waals surface area contributed by atoms with Gasteiger partial charge in [0.15, 0.2) is 0 Å². The maximum absolute atomic E-state index is 15.3. The largest absolute Gasteiger partial charge is 0.468 e. The van der Waals surface area contributed by atoms with E-state index >= 15 is 4.39 Å². The van der Waals surface area contributed by atoms with E-state index in [1.54, 1.807) is 6.07 Å².